The molecule has 0 aromatic heterocycles. The molecule has 2 heterocycles. The fraction of sp³-hybridized carbons (Fsp3) is 0.632. The van der Waals surface area contributed by atoms with Crippen molar-refractivity contribution < 1.29 is 14.3 Å². The largest absolute Gasteiger partial charge is 0.387 e. The molecule has 0 aliphatic carbocycles. The molecule has 3 rings (SSSR count). The summed E-state index contributed by atoms with van der Waals surface area (Å²) in [7, 11) is 0. The first-order valence-electron chi connectivity index (χ1n) is 9.09. The summed E-state index contributed by atoms with van der Waals surface area (Å²) in [5, 5.41) is 10.4. The minimum atomic E-state index is -0.670. The monoisotopic (exact) mass is 349 g/mol. The number of aliphatic hydroxyl groups is 1. The molecule has 0 saturated carbocycles. The molecular weight excluding hydrogens is 321 g/mol. The minimum absolute atomic E-state index is 0.152. The van der Waals surface area contributed by atoms with Crippen LogP contribution in [0, 0.1) is 11.7 Å². The molecule has 2 fully saturated rings. The zero-order valence-electron chi connectivity index (χ0n) is 15.1. The van der Waals surface area contributed by atoms with E-state index < -0.39 is 6.10 Å². The molecule has 2 saturated heterocycles. The fourth-order valence-electron chi connectivity index (χ4n) is 4.10. The van der Waals surface area contributed by atoms with E-state index >= 15 is 0 Å². The van der Waals surface area contributed by atoms with E-state index in [2.05, 4.69) is 16.7 Å². The van der Waals surface area contributed by atoms with E-state index in [-0.39, 0.29) is 11.7 Å². The van der Waals surface area contributed by atoms with Crippen LogP contribution in [0.2, 0.25) is 0 Å². The number of nitrogens with zero attached hydrogens (tertiary/aromatic N) is 3. The third-order valence-corrected chi connectivity index (χ3v) is 5.54. The van der Waals surface area contributed by atoms with Crippen molar-refractivity contribution >= 4 is 5.91 Å². The predicted molar refractivity (Wildman–Crippen MR) is 94.6 cm³/mol. The number of halogens is 1. The number of amides is 1. The Morgan fingerprint density at radius 1 is 1.28 bits per heavy atom. The summed E-state index contributed by atoms with van der Waals surface area (Å²) in [4.78, 5) is 18.1. The van der Waals surface area contributed by atoms with Gasteiger partial charge in [-0.2, -0.15) is 0 Å². The van der Waals surface area contributed by atoms with E-state index in [4.69, 9.17) is 0 Å². The Morgan fingerprint density at radius 3 is 2.64 bits per heavy atom. The molecule has 1 aromatic carbocycles. The van der Waals surface area contributed by atoms with E-state index in [1.165, 1.54) is 12.1 Å². The van der Waals surface area contributed by atoms with Gasteiger partial charge in [0.1, 0.15) is 5.82 Å². The Balaban J connectivity index is 1.54. The molecule has 0 bridgehead atoms. The second-order valence-corrected chi connectivity index (χ2v) is 7.38. The van der Waals surface area contributed by atoms with Gasteiger partial charge in [-0.25, -0.2) is 4.39 Å². The molecule has 0 radical (unpaired) electrons. The predicted octanol–water partition coefficient (Wildman–Crippen LogP) is 1.34. The first-order chi connectivity index (χ1) is 11.9. The maximum absolute atomic E-state index is 13.3. The summed E-state index contributed by atoms with van der Waals surface area (Å²) in [5.41, 5.74) is 0.631. The van der Waals surface area contributed by atoms with Crippen LogP contribution in [0.25, 0.3) is 0 Å². The lowest BCUT2D eigenvalue weighted by atomic mass is 10.0. The molecule has 3 atom stereocenters. The molecule has 0 spiro atoms. The van der Waals surface area contributed by atoms with Gasteiger partial charge in [-0.15, -0.1) is 0 Å². The van der Waals surface area contributed by atoms with Crippen LogP contribution in [0.15, 0.2) is 24.3 Å². The number of piperazine rings is 1. The molecule has 1 amide bonds. The van der Waals surface area contributed by atoms with Crippen LogP contribution in [-0.2, 0) is 4.79 Å². The van der Waals surface area contributed by atoms with E-state index in [1.807, 2.05) is 4.90 Å². The molecule has 1 N–H and O–H groups in total. The van der Waals surface area contributed by atoms with E-state index in [9.17, 15) is 14.3 Å². The van der Waals surface area contributed by atoms with Gasteiger partial charge in [0.25, 0.3) is 0 Å². The van der Waals surface area contributed by atoms with Crippen molar-refractivity contribution in [1.29, 1.82) is 0 Å². The first-order valence-corrected chi connectivity index (χ1v) is 9.09. The molecule has 2 aliphatic heterocycles. The second-order valence-electron chi connectivity index (χ2n) is 7.38. The highest BCUT2D eigenvalue weighted by Gasteiger charge is 2.36. The highest BCUT2D eigenvalue weighted by Crippen LogP contribution is 2.25. The van der Waals surface area contributed by atoms with Crippen LogP contribution in [0.3, 0.4) is 0 Å². The third kappa shape index (κ3) is 4.37. The summed E-state index contributed by atoms with van der Waals surface area (Å²) in [6.07, 6.45) is -0.670. The van der Waals surface area contributed by atoms with Crippen molar-refractivity contribution in [2.45, 2.75) is 26.0 Å². The van der Waals surface area contributed by atoms with Gasteiger partial charge in [0, 0.05) is 58.8 Å². The lowest BCUT2D eigenvalue weighted by Crippen LogP contribution is -2.53. The highest BCUT2D eigenvalue weighted by atomic mass is 19.1. The topological polar surface area (TPSA) is 47.0 Å². The van der Waals surface area contributed by atoms with Crippen LogP contribution in [-0.4, -0.2) is 77.6 Å². The number of benzene rings is 1. The lowest BCUT2D eigenvalue weighted by Gasteiger charge is -2.39. The van der Waals surface area contributed by atoms with Gasteiger partial charge >= 0.3 is 0 Å². The molecule has 5 nitrogen and oxygen atoms in total. The molecule has 0 unspecified atom stereocenters. The van der Waals surface area contributed by atoms with Crippen molar-refractivity contribution in [3.63, 3.8) is 0 Å². The van der Waals surface area contributed by atoms with Gasteiger partial charge in [0.15, 0.2) is 0 Å². The molecule has 1 aromatic rings. The zero-order chi connectivity index (χ0) is 18.0. The van der Waals surface area contributed by atoms with Crippen molar-refractivity contribution in [3.05, 3.63) is 35.6 Å². The van der Waals surface area contributed by atoms with Gasteiger partial charge in [0.2, 0.25) is 5.91 Å². The summed E-state index contributed by atoms with van der Waals surface area (Å²) in [6, 6.07) is 6.66. The molecular formula is C19H28FN3O2. The van der Waals surface area contributed by atoms with E-state index in [1.54, 1.807) is 19.1 Å². The smallest absolute Gasteiger partial charge is 0.219 e. The maximum Gasteiger partial charge on any atom is 0.219 e. The maximum atomic E-state index is 13.3. The fourth-order valence-corrected chi connectivity index (χ4v) is 4.10. The Labute approximate surface area is 149 Å². The van der Waals surface area contributed by atoms with Crippen molar-refractivity contribution in [2.24, 2.45) is 5.92 Å². The zero-order valence-corrected chi connectivity index (χ0v) is 15.1. The van der Waals surface area contributed by atoms with Crippen LogP contribution in [0.1, 0.15) is 25.5 Å². The molecule has 25 heavy (non-hydrogen) atoms. The van der Waals surface area contributed by atoms with Gasteiger partial charge in [0.05, 0.1) is 6.10 Å². The van der Waals surface area contributed by atoms with Crippen molar-refractivity contribution in [3.8, 4) is 0 Å². The van der Waals surface area contributed by atoms with Gasteiger partial charge in [-0.05, 0) is 23.6 Å². The van der Waals surface area contributed by atoms with Gasteiger partial charge in [-0.3, -0.25) is 14.6 Å². The number of β-amino-alcohol motifs (C(OH)–C–C–N with tert-alkyl or cyclic N) is 1. The number of carbonyl (C=O) groups is 1. The third-order valence-electron chi connectivity index (χ3n) is 5.54. The Hall–Kier alpha value is -1.50. The van der Waals surface area contributed by atoms with E-state index in [0.29, 0.717) is 24.1 Å². The molecule has 6 heteroatoms. The van der Waals surface area contributed by atoms with Gasteiger partial charge in [-0.1, -0.05) is 19.1 Å². The Kier molecular flexibility index (Phi) is 5.71. The van der Waals surface area contributed by atoms with Crippen LogP contribution in [0.5, 0.6) is 0 Å². The second kappa shape index (κ2) is 7.81. The Bertz CT molecular complexity index is 604. The van der Waals surface area contributed by atoms with Crippen LogP contribution in [0.4, 0.5) is 4.39 Å². The molecule has 138 valence electrons. The van der Waals surface area contributed by atoms with Crippen molar-refractivity contribution in [1.82, 2.24) is 14.7 Å². The summed E-state index contributed by atoms with van der Waals surface area (Å²) >= 11 is 0. The Morgan fingerprint density at radius 2 is 2.00 bits per heavy atom. The molecule has 2 aliphatic rings. The minimum Gasteiger partial charge on any atom is -0.387 e. The SMILES string of the molecule is CC(=O)N1CCN([C@@H]2CN(C[C@@H](O)c3cccc(F)c3)C[C@@H]2C)CC1. The number of hydrogen-bond acceptors (Lipinski definition) is 4. The summed E-state index contributed by atoms with van der Waals surface area (Å²) in [6.45, 7) is 9.66. The first kappa shape index (κ1) is 18.3. The van der Waals surface area contributed by atoms with Crippen molar-refractivity contribution in [2.75, 3.05) is 45.8 Å². The highest BCUT2D eigenvalue weighted by molar-refractivity contribution is 5.73. The van der Waals surface area contributed by atoms with E-state index in [0.717, 1.165) is 39.3 Å². The van der Waals surface area contributed by atoms with Gasteiger partial charge < -0.3 is 10.0 Å². The summed E-state index contributed by atoms with van der Waals surface area (Å²) < 4.78 is 13.3. The number of likely N-dealkylation sites (tertiary alicyclic amines) is 1. The number of aliphatic hydroxyl groups excluding tert-OH is 1. The lowest BCUT2D eigenvalue weighted by molar-refractivity contribution is -0.130. The average molecular weight is 349 g/mol. The number of carbonyl (C=O) groups excluding carboxylic acids is 1. The number of hydrogen-bond donors (Lipinski definition) is 1. The van der Waals surface area contributed by atoms with Crippen LogP contribution >= 0.6 is 0 Å². The normalized spacial score (nSPS) is 26.8. The standard InChI is InChI=1S/C19H28FN3O2/c1-14-11-21(13-19(25)16-4-3-5-17(20)10-16)12-18(14)23-8-6-22(7-9-23)15(2)24/h3-5,10,14,18-19,25H,6-9,11-13H2,1-2H3/t14-,18+,19+/m0/s1. The average Bonchev–Trinajstić information content (AvgIpc) is 2.95. The quantitative estimate of drug-likeness (QED) is 0.891. The summed E-state index contributed by atoms with van der Waals surface area (Å²) in [5.74, 6) is 0.357. The van der Waals surface area contributed by atoms with Crippen LogP contribution < -0.4 is 0 Å². The number of rotatable bonds is 4.